The first-order valence-electron chi connectivity index (χ1n) is 4.12. The van der Waals surface area contributed by atoms with Gasteiger partial charge in [0.15, 0.2) is 0 Å². The molecule has 1 aromatic heterocycles. The molecule has 0 aliphatic rings. The number of aromatic nitrogens is 2. The number of anilines is 1. The van der Waals surface area contributed by atoms with Crippen LogP contribution in [0, 0.1) is 6.92 Å². The summed E-state index contributed by atoms with van der Waals surface area (Å²) in [5, 5.41) is 0. The van der Waals surface area contributed by atoms with Gasteiger partial charge >= 0.3 is 0 Å². The van der Waals surface area contributed by atoms with Gasteiger partial charge in [-0.2, -0.15) is 0 Å². The SMILES string of the molecule is Cc1ccc(-c2c[nH]cn2)cc1N. The monoisotopic (exact) mass is 173 g/mol. The Kier molecular flexibility index (Phi) is 1.77. The second-order valence-corrected chi connectivity index (χ2v) is 3.03. The Hall–Kier alpha value is -1.77. The van der Waals surface area contributed by atoms with E-state index in [2.05, 4.69) is 9.97 Å². The molecule has 2 aromatic rings. The Morgan fingerprint density at radius 3 is 2.85 bits per heavy atom. The predicted molar refractivity (Wildman–Crippen MR) is 53.2 cm³/mol. The Bertz CT molecular complexity index is 404. The van der Waals surface area contributed by atoms with Crippen LogP contribution in [-0.2, 0) is 0 Å². The summed E-state index contributed by atoms with van der Waals surface area (Å²) in [6.07, 6.45) is 3.51. The molecule has 0 saturated carbocycles. The summed E-state index contributed by atoms with van der Waals surface area (Å²) in [7, 11) is 0. The van der Waals surface area contributed by atoms with E-state index in [1.165, 1.54) is 0 Å². The molecule has 1 aromatic carbocycles. The summed E-state index contributed by atoms with van der Waals surface area (Å²) >= 11 is 0. The fourth-order valence-electron chi connectivity index (χ4n) is 1.22. The summed E-state index contributed by atoms with van der Waals surface area (Å²) in [4.78, 5) is 7.06. The third-order valence-corrected chi connectivity index (χ3v) is 2.07. The number of nitrogen functional groups attached to an aromatic ring is 1. The highest BCUT2D eigenvalue weighted by molar-refractivity contribution is 5.65. The largest absolute Gasteiger partial charge is 0.398 e. The molecule has 0 atom stereocenters. The molecular formula is C10H11N3. The highest BCUT2D eigenvalue weighted by atomic mass is 14.9. The molecule has 0 aliphatic heterocycles. The minimum Gasteiger partial charge on any atom is -0.398 e. The molecule has 3 heteroatoms. The van der Waals surface area contributed by atoms with Gasteiger partial charge in [-0.3, -0.25) is 0 Å². The Labute approximate surface area is 76.6 Å². The van der Waals surface area contributed by atoms with Crippen molar-refractivity contribution in [1.82, 2.24) is 9.97 Å². The molecule has 0 amide bonds. The highest BCUT2D eigenvalue weighted by Gasteiger charge is 2.00. The molecule has 0 bridgehead atoms. The average molecular weight is 173 g/mol. The van der Waals surface area contributed by atoms with Crippen LogP contribution in [0.3, 0.4) is 0 Å². The second-order valence-electron chi connectivity index (χ2n) is 3.03. The topological polar surface area (TPSA) is 54.7 Å². The van der Waals surface area contributed by atoms with Crippen molar-refractivity contribution in [3.63, 3.8) is 0 Å². The van der Waals surface area contributed by atoms with Crippen LogP contribution in [0.1, 0.15) is 5.56 Å². The third kappa shape index (κ3) is 1.40. The summed E-state index contributed by atoms with van der Waals surface area (Å²) in [6.45, 7) is 1.99. The molecule has 13 heavy (non-hydrogen) atoms. The normalized spacial score (nSPS) is 10.2. The van der Waals surface area contributed by atoms with Crippen LogP contribution in [0.15, 0.2) is 30.7 Å². The van der Waals surface area contributed by atoms with Gasteiger partial charge in [0.1, 0.15) is 0 Å². The molecule has 3 nitrogen and oxygen atoms in total. The van der Waals surface area contributed by atoms with Crippen LogP contribution in [0.4, 0.5) is 5.69 Å². The average Bonchev–Trinajstić information content (AvgIpc) is 2.62. The first kappa shape index (κ1) is 7.86. The lowest BCUT2D eigenvalue weighted by Crippen LogP contribution is -1.89. The van der Waals surface area contributed by atoms with Crippen molar-refractivity contribution in [2.75, 3.05) is 5.73 Å². The maximum absolute atomic E-state index is 5.79. The van der Waals surface area contributed by atoms with Crippen LogP contribution >= 0.6 is 0 Å². The number of nitrogens with two attached hydrogens (primary N) is 1. The molecule has 0 saturated heterocycles. The summed E-state index contributed by atoms with van der Waals surface area (Å²) in [6, 6.07) is 5.95. The highest BCUT2D eigenvalue weighted by Crippen LogP contribution is 2.20. The second kappa shape index (κ2) is 2.94. The Balaban J connectivity index is 2.49. The first-order chi connectivity index (χ1) is 6.27. The van der Waals surface area contributed by atoms with Crippen molar-refractivity contribution in [3.05, 3.63) is 36.3 Å². The molecule has 66 valence electrons. The molecule has 0 fully saturated rings. The van der Waals surface area contributed by atoms with Gasteiger partial charge in [0.05, 0.1) is 12.0 Å². The smallest absolute Gasteiger partial charge is 0.0927 e. The Morgan fingerprint density at radius 2 is 2.23 bits per heavy atom. The summed E-state index contributed by atoms with van der Waals surface area (Å²) in [5.41, 5.74) is 9.66. The maximum atomic E-state index is 5.79. The number of hydrogen-bond acceptors (Lipinski definition) is 2. The number of H-pyrrole nitrogens is 1. The number of nitrogens with one attached hydrogen (secondary N) is 1. The molecule has 3 N–H and O–H groups in total. The lowest BCUT2D eigenvalue weighted by atomic mass is 10.1. The zero-order valence-corrected chi connectivity index (χ0v) is 7.41. The van der Waals surface area contributed by atoms with E-state index in [4.69, 9.17) is 5.73 Å². The zero-order chi connectivity index (χ0) is 9.26. The van der Waals surface area contributed by atoms with Crippen molar-refractivity contribution < 1.29 is 0 Å². The third-order valence-electron chi connectivity index (χ3n) is 2.07. The van der Waals surface area contributed by atoms with E-state index < -0.39 is 0 Å². The van der Waals surface area contributed by atoms with E-state index in [9.17, 15) is 0 Å². The van der Waals surface area contributed by atoms with Gasteiger partial charge < -0.3 is 10.7 Å². The molecule has 1 heterocycles. The van der Waals surface area contributed by atoms with Crippen molar-refractivity contribution in [2.45, 2.75) is 6.92 Å². The first-order valence-corrected chi connectivity index (χ1v) is 4.12. The number of nitrogens with zero attached hydrogens (tertiary/aromatic N) is 1. The number of aromatic amines is 1. The van der Waals surface area contributed by atoms with Crippen molar-refractivity contribution in [2.24, 2.45) is 0 Å². The number of imidazole rings is 1. The standard InChI is InChI=1S/C10H11N3/c1-7-2-3-8(4-9(7)11)10-5-12-6-13-10/h2-6H,11H2,1H3,(H,12,13). The van der Waals surface area contributed by atoms with E-state index in [0.717, 1.165) is 22.5 Å². The zero-order valence-electron chi connectivity index (χ0n) is 7.41. The minimum absolute atomic E-state index is 0.806. The van der Waals surface area contributed by atoms with Crippen LogP contribution in [0.5, 0.6) is 0 Å². The minimum atomic E-state index is 0.806. The van der Waals surface area contributed by atoms with Gasteiger partial charge in [0.25, 0.3) is 0 Å². The van der Waals surface area contributed by atoms with E-state index in [0.29, 0.717) is 0 Å². The van der Waals surface area contributed by atoms with Gasteiger partial charge in [0, 0.05) is 17.4 Å². The van der Waals surface area contributed by atoms with Gasteiger partial charge in [-0.25, -0.2) is 4.98 Å². The summed E-state index contributed by atoms with van der Waals surface area (Å²) in [5.74, 6) is 0. The van der Waals surface area contributed by atoms with Crippen LogP contribution in [0.25, 0.3) is 11.3 Å². The van der Waals surface area contributed by atoms with E-state index in [-0.39, 0.29) is 0 Å². The van der Waals surface area contributed by atoms with Crippen molar-refractivity contribution >= 4 is 5.69 Å². The van der Waals surface area contributed by atoms with Crippen LogP contribution < -0.4 is 5.73 Å². The lowest BCUT2D eigenvalue weighted by Gasteiger charge is -2.01. The molecule has 0 unspecified atom stereocenters. The maximum Gasteiger partial charge on any atom is 0.0927 e. The van der Waals surface area contributed by atoms with Crippen molar-refractivity contribution in [1.29, 1.82) is 0 Å². The Morgan fingerprint density at radius 1 is 1.38 bits per heavy atom. The number of aryl methyl sites for hydroxylation is 1. The molecule has 0 radical (unpaired) electrons. The predicted octanol–water partition coefficient (Wildman–Crippen LogP) is 1.97. The lowest BCUT2D eigenvalue weighted by molar-refractivity contribution is 1.31. The van der Waals surface area contributed by atoms with Gasteiger partial charge in [-0.1, -0.05) is 12.1 Å². The van der Waals surface area contributed by atoms with Crippen LogP contribution in [0.2, 0.25) is 0 Å². The number of benzene rings is 1. The van der Waals surface area contributed by atoms with Crippen molar-refractivity contribution in [3.8, 4) is 11.3 Å². The fraction of sp³-hybridized carbons (Fsp3) is 0.100. The van der Waals surface area contributed by atoms with Gasteiger partial charge in [-0.15, -0.1) is 0 Å². The van der Waals surface area contributed by atoms with E-state index >= 15 is 0 Å². The quantitative estimate of drug-likeness (QED) is 0.648. The molecular weight excluding hydrogens is 162 g/mol. The van der Waals surface area contributed by atoms with E-state index in [1.807, 2.05) is 31.3 Å². The molecule has 0 spiro atoms. The number of hydrogen-bond donors (Lipinski definition) is 2. The van der Waals surface area contributed by atoms with Gasteiger partial charge in [-0.05, 0) is 18.6 Å². The molecule has 2 rings (SSSR count). The van der Waals surface area contributed by atoms with E-state index in [1.54, 1.807) is 6.33 Å². The molecule has 0 aliphatic carbocycles. The number of rotatable bonds is 1. The summed E-state index contributed by atoms with van der Waals surface area (Å²) < 4.78 is 0. The van der Waals surface area contributed by atoms with Crippen LogP contribution in [-0.4, -0.2) is 9.97 Å². The fourth-order valence-corrected chi connectivity index (χ4v) is 1.22. The van der Waals surface area contributed by atoms with Gasteiger partial charge in [0.2, 0.25) is 0 Å².